The van der Waals surface area contributed by atoms with E-state index in [4.69, 9.17) is 21.6 Å². The number of esters is 1. The zero-order valence-corrected chi connectivity index (χ0v) is 12.5. The normalized spacial score (nSPS) is 10.6. The minimum absolute atomic E-state index is 0.0369. The summed E-state index contributed by atoms with van der Waals surface area (Å²) in [7, 11) is 0. The molecule has 0 unspecified atom stereocenters. The molecule has 2 aromatic carbocycles. The van der Waals surface area contributed by atoms with Gasteiger partial charge in [0.2, 0.25) is 0 Å². The average Bonchev–Trinajstić information content (AvgIpc) is 2.51. The first-order valence-corrected chi connectivity index (χ1v) is 7.39. The highest BCUT2D eigenvalue weighted by Gasteiger charge is 2.06. The molecule has 5 heteroatoms. The summed E-state index contributed by atoms with van der Waals surface area (Å²) in [6.07, 6.45) is 3.08. The minimum atomic E-state index is -0.225. The molecule has 0 radical (unpaired) electrons. The summed E-state index contributed by atoms with van der Waals surface area (Å²) in [5.74, 6) is 0.346. The van der Waals surface area contributed by atoms with Crippen molar-refractivity contribution in [2.75, 3.05) is 6.54 Å². The second kappa shape index (κ2) is 7.56. The van der Waals surface area contributed by atoms with E-state index in [9.17, 15) is 4.79 Å². The van der Waals surface area contributed by atoms with Gasteiger partial charge in [-0.25, -0.2) is 0 Å². The number of fused-ring (bicyclic) bond motifs is 1. The molecule has 0 fully saturated rings. The lowest BCUT2D eigenvalue weighted by atomic mass is 10.1. The summed E-state index contributed by atoms with van der Waals surface area (Å²) in [6, 6.07) is 10.9. The Labute approximate surface area is 129 Å². The molecule has 22 heavy (non-hydrogen) atoms. The predicted octanol–water partition coefficient (Wildman–Crippen LogP) is 2.55. The maximum atomic E-state index is 11.8. The third kappa shape index (κ3) is 4.30. The molecule has 2 aromatic rings. The van der Waals surface area contributed by atoms with Crippen LogP contribution in [0.25, 0.3) is 10.8 Å². The molecule has 0 amide bonds. The van der Waals surface area contributed by atoms with Crippen molar-refractivity contribution in [1.29, 1.82) is 5.41 Å². The van der Waals surface area contributed by atoms with Crippen LogP contribution < -0.4 is 16.2 Å². The predicted molar refractivity (Wildman–Crippen MR) is 88.1 cm³/mol. The zero-order valence-electron chi connectivity index (χ0n) is 12.5. The monoisotopic (exact) mass is 299 g/mol. The molecule has 0 saturated heterocycles. The van der Waals surface area contributed by atoms with Crippen LogP contribution in [0.2, 0.25) is 0 Å². The van der Waals surface area contributed by atoms with Crippen LogP contribution in [0.3, 0.4) is 0 Å². The van der Waals surface area contributed by atoms with E-state index in [0.29, 0.717) is 24.3 Å². The van der Waals surface area contributed by atoms with Crippen LogP contribution in [-0.2, 0) is 4.79 Å². The number of carbonyl (C=O) groups excluding carboxylic acids is 1. The largest absolute Gasteiger partial charge is 0.427 e. The third-order valence-corrected chi connectivity index (χ3v) is 3.44. The van der Waals surface area contributed by atoms with Gasteiger partial charge in [0.25, 0.3) is 0 Å². The van der Waals surface area contributed by atoms with E-state index in [1.54, 1.807) is 12.1 Å². The molecule has 0 bridgehead atoms. The summed E-state index contributed by atoms with van der Waals surface area (Å²) in [5, 5.41) is 9.34. The van der Waals surface area contributed by atoms with Gasteiger partial charge in [-0.2, -0.15) is 0 Å². The summed E-state index contributed by atoms with van der Waals surface area (Å²) in [4.78, 5) is 11.8. The van der Waals surface area contributed by atoms with Crippen LogP contribution in [0.15, 0.2) is 36.4 Å². The lowest BCUT2D eigenvalue weighted by Crippen LogP contribution is -2.10. The Morgan fingerprint density at radius 3 is 2.50 bits per heavy atom. The molecule has 0 saturated carbocycles. The Morgan fingerprint density at radius 2 is 1.77 bits per heavy atom. The van der Waals surface area contributed by atoms with E-state index in [1.165, 1.54) is 0 Å². The number of amidine groups is 1. The van der Waals surface area contributed by atoms with Crippen LogP contribution in [0.5, 0.6) is 5.75 Å². The molecule has 2 rings (SSSR count). The maximum absolute atomic E-state index is 11.8. The van der Waals surface area contributed by atoms with E-state index in [0.717, 1.165) is 30.0 Å². The van der Waals surface area contributed by atoms with Gasteiger partial charge in [-0.05, 0) is 48.4 Å². The second-order valence-corrected chi connectivity index (χ2v) is 5.21. The van der Waals surface area contributed by atoms with Crippen LogP contribution >= 0.6 is 0 Å². The average molecular weight is 299 g/mol. The Bertz CT molecular complexity index is 683. The van der Waals surface area contributed by atoms with Gasteiger partial charge >= 0.3 is 5.97 Å². The molecule has 5 N–H and O–H groups in total. The van der Waals surface area contributed by atoms with Crippen molar-refractivity contribution < 1.29 is 9.53 Å². The number of rotatable bonds is 7. The van der Waals surface area contributed by atoms with Crippen molar-refractivity contribution in [1.82, 2.24) is 0 Å². The Balaban J connectivity index is 2.02. The lowest BCUT2D eigenvalue weighted by Gasteiger charge is -2.07. The SMILES string of the molecule is N=C(N)c1ccc2cc(OC(=O)CCCCCN)ccc2c1. The van der Waals surface area contributed by atoms with Gasteiger partial charge < -0.3 is 16.2 Å². The number of nitrogens with two attached hydrogens (primary N) is 2. The summed E-state index contributed by atoms with van der Waals surface area (Å²) < 4.78 is 5.34. The maximum Gasteiger partial charge on any atom is 0.311 e. The fourth-order valence-electron chi connectivity index (χ4n) is 2.23. The highest BCUT2D eigenvalue weighted by Crippen LogP contribution is 2.22. The first-order chi connectivity index (χ1) is 10.6. The van der Waals surface area contributed by atoms with Crippen molar-refractivity contribution in [3.05, 3.63) is 42.0 Å². The van der Waals surface area contributed by atoms with E-state index in [-0.39, 0.29) is 11.8 Å². The number of hydrogen-bond donors (Lipinski definition) is 3. The number of unbranched alkanes of at least 4 members (excludes halogenated alkanes) is 2. The van der Waals surface area contributed by atoms with Crippen molar-refractivity contribution in [2.24, 2.45) is 11.5 Å². The molecular formula is C17H21N3O2. The standard InChI is InChI=1S/C17H21N3O2/c18-9-3-1-2-4-16(21)22-15-8-7-12-10-14(17(19)20)6-5-13(12)11-15/h5-8,10-11H,1-4,9,18H2,(H3,19,20). The topological polar surface area (TPSA) is 102 Å². The molecule has 0 aromatic heterocycles. The smallest absolute Gasteiger partial charge is 0.311 e. The van der Waals surface area contributed by atoms with Crippen molar-refractivity contribution in [2.45, 2.75) is 25.7 Å². The molecule has 0 atom stereocenters. The highest BCUT2D eigenvalue weighted by molar-refractivity contribution is 5.99. The number of benzene rings is 2. The molecule has 0 aliphatic carbocycles. The fraction of sp³-hybridized carbons (Fsp3) is 0.294. The van der Waals surface area contributed by atoms with Crippen molar-refractivity contribution in [3.63, 3.8) is 0 Å². The van der Waals surface area contributed by atoms with Crippen molar-refractivity contribution in [3.8, 4) is 5.75 Å². The van der Waals surface area contributed by atoms with Crippen LogP contribution in [-0.4, -0.2) is 18.3 Å². The van der Waals surface area contributed by atoms with E-state index < -0.39 is 0 Å². The number of nitrogens with one attached hydrogen (secondary N) is 1. The van der Waals surface area contributed by atoms with E-state index >= 15 is 0 Å². The first kappa shape index (κ1) is 16.0. The summed E-state index contributed by atoms with van der Waals surface area (Å²) in [5.41, 5.74) is 11.6. The Morgan fingerprint density at radius 1 is 1.05 bits per heavy atom. The van der Waals surface area contributed by atoms with Crippen molar-refractivity contribution >= 4 is 22.6 Å². The molecule has 116 valence electrons. The number of ether oxygens (including phenoxy) is 1. The number of nitrogen functional groups attached to an aromatic ring is 1. The molecule has 0 aliphatic heterocycles. The Kier molecular flexibility index (Phi) is 5.49. The lowest BCUT2D eigenvalue weighted by molar-refractivity contribution is -0.134. The van der Waals surface area contributed by atoms with Gasteiger partial charge in [0, 0.05) is 12.0 Å². The van der Waals surface area contributed by atoms with Crippen LogP contribution in [0.4, 0.5) is 0 Å². The van der Waals surface area contributed by atoms with E-state index in [2.05, 4.69) is 0 Å². The molecular weight excluding hydrogens is 278 g/mol. The fourth-order valence-corrected chi connectivity index (χ4v) is 2.23. The van der Waals surface area contributed by atoms with Gasteiger partial charge in [0.1, 0.15) is 11.6 Å². The molecule has 0 spiro atoms. The first-order valence-electron chi connectivity index (χ1n) is 7.39. The van der Waals surface area contributed by atoms with Gasteiger partial charge in [0.15, 0.2) is 0 Å². The van der Waals surface area contributed by atoms with Gasteiger partial charge in [-0.3, -0.25) is 10.2 Å². The van der Waals surface area contributed by atoms with Crippen LogP contribution in [0.1, 0.15) is 31.2 Å². The van der Waals surface area contributed by atoms with Gasteiger partial charge in [0.05, 0.1) is 0 Å². The zero-order chi connectivity index (χ0) is 15.9. The second-order valence-electron chi connectivity index (χ2n) is 5.21. The molecule has 0 heterocycles. The summed E-state index contributed by atoms with van der Waals surface area (Å²) in [6.45, 7) is 0.655. The number of hydrogen-bond acceptors (Lipinski definition) is 4. The Hall–Kier alpha value is -2.40. The van der Waals surface area contributed by atoms with E-state index in [1.807, 2.05) is 24.3 Å². The van der Waals surface area contributed by atoms with Crippen LogP contribution in [0, 0.1) is 5.41 Å². The summed E-state index contributed by atoms with van der Waals surface area (Å²) >= 11 is 0. The van der Waals surface area contributed by atoms with Gasteiger partial charge in [-0.1, -0.05) is 24.6 Å². The third-order valence-electron chi connectivity index (χ3n) is 3.44. The van der Waals surface area contributed by atoms with Gasteiger partial charge in [-0.15, -0.1) is 0 Å². The molecule has 0 aliphatic rings. The molecule has 5 nitrogen and oxygen atoms in total. The number of carbonyl (C=O) groups is 1. The quantitative estimate of drug-likeness (QED) is 0.240. The highest BCUT2D eigenvalue weighted by atomic mass is 16.5. The minimum Gasteiger partial charge on any atom is -0.427 e.